The van der Waals surface area contributed by atoms with Crippen molar-refractivity contribution in [3.05, 3.63) is 0 Å². The average Bonchev–Trinajstić information content (AvgIpc) is 2.12. The molecule has 0 aromatic heterocycles. The first-order valence-electron chi connectivity index (χ1n) is 3.12. The van der Waals surface area contributed by atoms with Crippen LogP contribution in [-0.4, -0.2) is 19.4 Å². The molecule has 1 atom stereocenters. The molecule has 1 heterocycles. The molecule has 0 aromatic carbocycles. The second-order valence-electron chi connectivity index (χ2n) is 2.57. The molecule has 0 spiro atoms. The quantitative estimate of drug-likeness (QED) is 0.540. The maximum Gasteiger partial charge on any atom is 0.0969 e. The summed E-state index contributed by atoms with van der Waals surface area (Å²) < 4.78 is 5.11. The van der Waals surface area contributed by atoms with Crippen LogP contribution in [-0.2, 0) is 4.74 Å². The van der Waals surface area contributed by atoms with Gasteiger partial charge in [0.05, 0.1) is 13.3 Å². The molecule has 8 heavy (non-hydrogen) atoms. The van der Waals surface area contributed by atoms with Gasteiger partial charge in [-0.1, -0.05) is 13.8 Å². The van der Waals surface area contributed by atoms with Crippen LogP contribution >= 0.6 is 0 Å². The molecule has 0 radical (unpaired) electrons. The molecule has 0 bridgehead atoms. The number of rotatable bonds is 1. The van der Waals surface area contributed by atoms with Crippen molar-refractivity contribution in [1.29, 1.82) is 0 Å². The van der Waals surface area contributed by atoms with E-state index in [1.807, 2.05) is 0 Å². The van der Waals surface area contributed by atoms with E-state index in [9.17, 15) is 0 Å². The second kappa shape index (κ2) is 2.46. The van der Waals surface area contributed by atoms with E-state index in [0.717, 1.165) is 13.3 Å². The topological polar surface area (TPSA) is 21.3 Å². The third kappa shape index (κ3) is 1.20. The van der Waals surface area contributed by atoms with Gasteiger partial charge < -0.3 is 4.74 Å². The van der Waals surface area contributed by atoms with Crippen molar-refractivity contribution >= 4 is 0 Å². The molecular weight excluding hydrogens is 102 g/mol. The van der Waals surface area contributed by atoms with Gasteiger partial charge in [-0.3, -0.25) is 5.32 Å². The van der Waals surface area contributed by atoms with E-state index in [-0.39, 0.29) is 0 Å². The molecule has 1 saturated heterocycles. The van der Waals surface area contributed by atoms with Crippen molar-refractivity contribution < 1.29 is 4.74 Å². The first-order chi connectivity index (χ1) is 3.80. The highest BCUT2D eigenvalue weighted by atomic mass is 16.5. The Hall–Kier alpha value is -0.0800. The van der Waals surface area contributed by atoms with E-state index in [1.54, 1.807) is 0 Å². The zero-order valence-electron chi connectivity index (χ0n) is 5.48. The lowest BCUT2D eigenvalue weighted by Gasteiger charge is -2.10. The zero-order valence-corrected chi connectivity index (χ0v) is 5.48. The van der Waals surface area contributed by atoms with Crippen molar-refractivity contribution in [2.45, 2.75) is 19.9 Å². The summed E-state index contributed by atoms with van der Waals surface area (Å²) in [5, 5.41) is 3.23. The normalized spacial score (nSPS) is 29.6. The monoisotopic (exact) mass is 115 g/mol. The van der Waals surface area contributed by atoms with Crippen LogP contribution in [0.15, 0.2) is 0 Å². The molecule has 1 rings (SSSR count). The number of hydrogen-bond donors (Lipinski definition) is 1. The summed E-state index contributed by atoms with van der Waals surface area (Å²) >= 11 is 0. The standard InChI is InChI=1S/C6H13NO/c1-5(2)6-3-8-4-7-6/h5-7H,3-4H2,1-2H3. The van der Waals surface area contributed by atoms with Crippen LogP contribution in [0, 0.1) is 5.92 Å². The van der Waals surface area contributed by atoms with Crippen LogP contribution < -0.4 is 5.32 Å². The van der Waals surface area contributed by atoms with Crippen molar-refractivity contribution in [2.75, 3.05) is 13.3 Å². The fourth-order valence-electron chi connectivity index (χ4n) is 0.839. The number of ether oxygens (including phenoxy) is 1. The van der Waals surface area contributed by atoms with E-state index in [4.69, 9.17) is 4.74 Å². The molecule has 1 aliphatic rings. The van der Waals surface area contributed by atoms with Gasteiger partial charge in [-0.05, 0) is 5.92 Å². The molecule has 0 aromatic rings. The highest BCUT2D eigenvalue weighted by Crippen LogP contribution is 2.05. The first kappa shape index (κ1) is 6.05. The lowest BCUT2D eigenvalue weighted by atomic mass is 10.1. The maximum absolute atomic E-state index is 5.11. The summed E-state index contributed by atoms with van der Waals surface area (Å²) in [4.78, 5) is 0. The molecule has 1 unspecified atom stereocenters. The first-order valence-corrected chi connectivity index (χ1v) is 3.12. The predicted octanol–water partition coefficient (Wildman–Crippen LogP) is 0.588. The highest BCUT2D eigenvalue weighted by molar-refractivity contribution is 4.71. The van der Waals surface area contributed by atoms with Gasteiger partial charge in [0.2, 0.25) is 0 Å². The van der Waals surface area contributed by atoms with Gasteiger partial charge in [-0.25, -0.2) is 0 Å². The maximum atomic E-state index is 5.11. The van der Waals surface area contributed by atoms with Crippen LogP contribution in [0.3, 0.4) is 0 Å². The SMILES string of the molecule is CC(C)C1COCN1. The Morgan fingerprint density at radius 2 is 2.38 bits per heavy atom. The highest BCUT2D eigenvalue weighted by Gasteiger charge is 2.16. The fourth-order valence-corrected chi connectivity index (χ4v) is 0.839. The number of nitrogens with one attached hydrogen (secondary N) is 1. The fraction of sp³-hybridized carbons (Fsp3) is 1.00. The smallest absolute Gasteiger partial charge is 0.0969 e. The van der Waals surface area contributed by atoms with Crippen LogP contribution in [0.4, 0.5) is 0 Å². The molecule has 1 N–H and O–H groups in total. The predicted molar refractivity (Wildman–Crippen MR) is 32.6 cm³/mol. The van der Waals surface area contributed by atoms with Gasteiger partial charge in [-0.15, -0.1) is 0 Å². The van der Waals surface area contributed by atoms with E-state index >= 15 is 0 Å². The average molecular weight is 115 g/mol. The molecular formula is C6H13NO. The Kier molecular flexibility index (Phi) is 1.86. The van der Waals surface area contributed by atoms with Crippen molar-refractivity contribution in [3.8, 4) is 0 Å². The van der Waals surface area contributed by atoms with Crippen molar-refractivity contribution in [1.82, 2.24) is 5.32 Å². The molecule has 1 aliphatic heterocycles. The summed E-state index contributed by atoms with van der Waals surface area (Å²) in [7, 11) is 0. The zero-order chi connectivity index (χ0) is 5.98. The van der Waals surface area contributed by atoms with Crippen molar-refractivity contribution in [3.63, 3.8) is 0 Å². The molecule has 48 valence electrons. The van der Waals surface area contributed by atoms with Gasteiger partial charge in [-0.2, -0.15) is 0 Å². The molecule has 2 heteroatoms. The lowest BCUT2D eigenvalue weighted by Crippen LogP contribution is -2.28. The summed E-state index contributed by atoms with van der Waals surface area (Å²) in [6, 6.07) is 0.593. The minimum Gasteiger partial charge on any atom is -0.365 e. The molecule has 1 fully saturated rings. The Balaban J connectivity index is 2.24. The minimum atomic E-state index is 0.593. The Labute approximate surface area is 50.2 Å². The van der Waals surface area contributed by atoms with Crippen LogP contribution in [0.1, 0.15) is 13.8 Å². The summed E-state index contributed by atoms with van der Waals surface area (Å²) in [6.45, 7) is 6.03. The van der Waals surface area contributed by atoms with E-state index in [0.29, 0.717) is 12.0 Å². The van der Waals surface area contributed by atoms with Crippen LogP contribution in [0.2, 0.25) is 0 Å². The van der Waals surface area contributed by atoms with E-state index < -0.39 is 0 Å². The molecule has 0 aliphatic carbocycles. The van der Waals surface area contributed by atoms with Gasteiger partial charge in [0.15, 0.2) is 0 Å². The van der Waals surface area contributed by atoms with Gasteiger partial charge in [0, 0.05) is 6.04 Å². The lowest BCUT2D eigenvalue weighted by molar-refractivity contribution is 0.186. The summed E-state index contributed by atoms with van der Waals surface area (Å²) in [5.74, 6) is 0.706. The van der Waals surface area contributed by atoms with E-state index in [1.165, 1.54) is 0 Å². The minimum absolute atomic E-state index is 0.593. The molecule has 0 saturated carbocycles. The van der Waals surface area contributed by atoms with Gasteiger partial charge >= 0.3 is 0 Å². The number of hydrogen-bond acceptors (Lipinski definition) is 2. The second-order valence-corrected chi connectivity index (χ2v) is 2.57. The third-order valence-corrected chi connectivity index (χ3v) is 1.55. The van der Waals surface area contributed by atoms with Gasteiger partial charge in [0.1, 0.15) is 0 Å². The summed E-state index contributed by atoms with van der Waals surface area (Å²) in [6.07, 6.45) is 0. The Morgan fingerprint density at radius 1 is 1.62 bits per heavy atom. The van der Waals surface area contributed by atoms with Gasteiger partial charge in [0.25, 0.3) is 0 Å². The van der Waals surface area contributed by atoms with E-state index in [2.05, 4.69) is 19.2 Å². The Bertz CT molecular complexity index is 66.9. The summed E-state index contributed by atoms with van der Waals surface area (Å²) in [5.41, 5.74) is 0. The Morgan fingerprint density at radius 3 is 2.62 bits per heavy atom. The van der Waals surface area contributed by atoms with Crippen LogP contribution in [0.5, 0.6) is 0 Å². The van der Waals surface area contributed by atoms with Crippen LogP contribution in [0.25, 0.3) is 0 Å². The third-order valence-electron chi connectivity index (χ3n) is 1.55. The largest absolute Gasteiger partial charge is 0.365 e. The molecule has 0 amide bonds. The molecule has 2 nitrogen and oxygen atoms in total. The van der Waals surface area contributed by atoms with Crippen molar-refractivity contribution in [2.24, 2.45) is 5.92 Å².